The van der Waals surface area contributed by atoms with E-state index < -0.39 is 0 Å². The molecule has 0 N–H and O–H groups in total. The Labute approximate surface area is 132 Å². The fourth-order valence-corrected chi connectivity index (χ4v) is 2.15. The van der Waals surface area contributed by atoms with E-state index in [9.17, 15) is 4.79 Å². The summed E-state index contributed by atoms with van der Waals surface area (Å²) in [6.07, 6.45) is 0.267. The first-order valence-corrected chi connectivity index (χ1v) is 7.29. The van der Waals surface area contributed by atoms with Gasteiger partial charge >= 0.3 is 5.97 Å². The van der Waals surface area contributed by atoms with E-state index in [1.165, 1.54) is 10.7 Å². The van der Waals surface area contributed by atoms with Crippen molar-refractivity contribution in [1.82, 2.24) is 0 Å². The SMILES string of the molecule is COC(=O)Cc1ccccc1COc1ccc(I)cc1. The van der Waals surface area contributed by atoms with Gasteiger partial charge in [0.15, 0.2) is 0 Å². The number of halogens is 1. The number of esters is 1. The molecule has 2 aromatic rings. The molecule has 0 unspecified atom stereocenters. The van der Waals surface area contributed by atoms with Crippen LogP contribution in [-0.2, 0) is 22.6 Å². The molecule has 0 atom stereocenters. The molecule has 0 aliphatic carbocycles. The summed E-state index contributed by atoms with van der Waals surface area (Å²) in [7, 11) is 1.40. The van der Waals surface area contributed by atoms with Crippen molar-refractivity contribution in [1.29, 1.82) is 0 Å². The maximum Gasteiger partial charge on any atom is 0.309 e. The van der Waals surface area contributed by atoms with Gasteiger partial charge in [-0.15, -0.1) is 0 Å². The fraction of sp³-hybridized carbons (Fsp3) is 0.188. The van der Waals surface area contributed by atoms with Gasteiger partial charge in [0, 0.05) is 3.57 Å². The highest BCUT2D eigenvalue weighted by atomic mass is 127. The fourth-order valence-electron chi connectivity index (χ4n) is 1.79. The van der Waals surface area contributed by atoms with Crippen LogP contribution >= 0.6 is 22.6 Å². The lowest BCUT2D eigenvalue weighted by Crippen LogP contribution is -2.08. The maximum atomic E-state index is 11.4. The molecule has 0 saturated carbocycles. The summed E-state index contributed by atoms with van der Waals surface area (Å²) in [5.74, 6) is 0.574. The largest absolute Gasteiger partial charge is 0.489 e. The van der Waals surface area contributed by atoms with Crippen LogP contribution in [0.5, 0.6) is 5.75 Å². The molecule has 0 bridgehead atoms. The van der Waals surface area contributed by atoms with Crippen LogP contribution in [0.2, 0.25) is 0 Å². The van der Waals surface area contributed by atoms with Crippen LogP contribution in [-0.4, -0.2) is 13.1 Å². The Bertz CT molecular complexity index is 579. The summed E-state index contributed by atoms with van der Waals surface area (Å²) in [6, 6.07) is 15.6. The molecular weight excluding hydrogens is 367 g/mol. The Morgan fingerprint density at radius 1 is 1.05 bits per heavy atom. The summed E-state index contributed by atoms with van der Waals surface area (Å²) < 4.78 is 11.6. The van der Waals surface area contributed by atoms with Crippen LogP contribution in [0, 0.1) is 3.57 Å². The number of carbonyl (C=O) groups excluding carboxylic acids is 1. The van der Waals surface area contributed by atoms with Gasteiger partial charge in [-0.2, -0.15) is 0 Å². The summed E-state index contributed by atoms with van der Waals surface area (Å²) in [5, 5.41) is 0. The van der Waals surface area contributed by atoms with Gasteiger partial charge in [-0.3, -0.25) is 4.79 Å². The Kier molecular flexibility index (Phi) is 5.40. The highest BCUT2D eigenvalue weighted by Crippen LogP contribution is 2.17. The Morgan fingerprint density at radius 3 is 2.35 bits per heavy atom. The Balaban J connectivity index is 2.05. The molecule has 0 radical (unpaired) electrons. The second kappa shape index (κ2) is 7.28. The number of ether oxygens (including phenoxy) is 2. The predicted octanol–water partition coefficient (Wildman–Crippen LogP) is 3.59. The normalized spacial score (nSPS) is 10.1. The zero-order valence-corrected chi connectivity index (χ0v) is 13.3. The zero-order valence-electron chi connectivity index (χ0n) is 11.1. The summed E-state index contributed by atoms with van der Waals surface area (Å²) in [6.45, 7) is 0.438. The molecular formula is C16H15IO3. The molecule has 3 nitrogen and oxygen atoms in total. The predicted molar refractivity (Wildman–Crippen MR) is 85.7 cm³/mol. The third-order valence-electron chi connectivity index (χ3n) is 2.89. The second-order valence-electron chi connectivity index (χ2n) is 4.26. The lowest BCUT2D eigenvalue weighted by molar-refractivity contribution is -0.139. The monoisotopic (exact) mass is 382 g/mol. The van der Waals surface area contributed by atoms with Crippen molar-refractivity contribution in [3.05, 3.63) is 63.2 Å². The van der Waals surface area contributed by atoms with Crippen molar-refractivity contribution in [2.45, 2.75) is 13.0 Å². The first kappa shape index (κ1) is 14.8. The first-order valence-electron chi connectivity index (χ1n) is 6.21. The van der Waals surface area contributed by atoms with Crippen LogP contribution in [0.4, 0.5) is 0 Å². The average molecular weight is 382 g/mol. The van der Waals surface area contributed by atoms with E-state index in [1.54, 1.807) is 0 Å². The third kappa shape index (κ3) is 4.23. The highest BCUT2D eigenvalue weighted by Gasteiger charge is 2.08. The van der Waals surface area contributed by atoms with Crippen molar-refractivity contribution < 1.29 is 14.3 Å². The van der Waals surface area contributed by atoms with Gasteiger partial charge in [0.2, 0.25) is 0 Å². The molecule has 0 aliphatic heterocycles. The van der Waals surface area contributed by atoms with Crippen LogP contribution in [0.25, 0.3) is 0 Å². The Morgan fingerprint density at radius 2 is 1.70 bits per heavy atom. The van der Waals surface area contributed by atoms with Gasteiger partial charge in [-0.1, -0.05) is 24.3 Å². The van der Waals surface area contributed by atoms with Gasteiger partial charge in [0.05, 0.1) is 13.5 Å². The van der Waals surface area contributed by atoms with Crippen molar-refractivity contribution in [2.75, 3.05) is 7.11 Å². The number of hydrogen-bond acceptors (Lipinski definition) is 3. The van der Waals surface area contributed by atoms with E-state index in [0.29, 0.717) is 6.61 Å². The van der Waals surface area contributed by atoms with Crippen LogP contribution in [0.3, 0.4) is 0 Å². The van der Waals surface area contributed by atoms with Gasteiger partial charge in [0.25, 0.3) is 0 Å². The summed E-state index contributed by atoms with van der Waals surface area (Å²) in [4.78, 5) is 11.4. The van der Waals surface area contributed by atoms with Gasteiger partial charge in [-0.25, -0.2) is 0 Å². The van der Waals surface area contributed by atoms with E-state index in [-0.39, 0.29) is 12.4 Å². The number of rotatable bonds is 5. The van der Waals surface area contributed by atoms with Crippen molar-refractivity contribution >= 4 is 28.6 Å². The van der Waals surface area contributed by atoms with Crippen molar-refractivity contribution in [2.24, 2.45) is 0 Å². The summed E-state index contributed by atoms with van der Waals surface area (Å²) >= 11 is 2.25. The number of hydrogen-bond donors (Lipinski definition) is 0. The molecule has 0 heterocycles. The maximum absolute atomic E-state index is 11.4. The third-order valence-corrected chi connectivity index (χ3v) is 3.61. The van der Waals surface area contributed by atoms with E-state index in [2.05, 4.69) is 22.6 Å². The van der Waals surface area contributed by atoms with Crippen molar-refractivity contribution in [3.8, 4) is 5.75 Å². The quantitative estimate of drug-likeness (QED) is 0.586. The molecule has 0 saturated heterocycles. The molecule has 0 aromatic heterocycles. The van der Waals surface area contributed by atoms with Crippen LogP contribution in [0.15, 0.2) is 48.5 Å². The number of carbonyl (C=O) groups is 1. The van der Waals surface area contributed by atoms with E-state index in [1.807, 2.05) is 48.5 Å². The second-order valence-corrected chi connectivity index (χ2v) is 5.51. The molecule has 0 spiro atoms. The van der Waals surface area contributed by atoms with Gasteiger partial charge in [0.1, 0.15) is 12.4 Å². The minimum Gasteiger partial charge on any atom is -0.489 e. The standard InChI is InChI=1S/C16H15IO3/c1-19-16(18)10-12-4-2-3-5-13(12)11-20-15-8-6-14(17)7-9-15/h2-9H,10-11H2,1H3. The van der Waals surface area contributed by atoms with E-state index >= 15 is 0 Å². The van der Waals surface area contributed by atoms with E-state index in [4.69, 9.17) is 9.47 Å². The molecule has 20 heavy (non-hydrogen) atoms. The zero-order chi connectivity index (χ0) is 14.4. The minimum absolute atomic E-state index is 0.244. The van der Waals surface area contributed by atoms with Crippen molar-refractivity contribution in [3.63, 3.8) is 0 Å². The molecule has 2 aromatic carbocycles. The van der Waals surface area contributed by atoms with Gasteiger partial charge < -0.3 is 9.47 Å². The molecule has 0 aliphatic rings. The highest BCUT2D eigenvalue weighted by molar-refractivity contribution is 14.1. The molecule has 4 heteroatoms. The van der Waals surface area contributed by atoms with E-state index in [0.717, 1.165) is 16.9 Å². The Hall–Kier alpha value is -1.56. The molecule has 104 valence electrons. The van der Waals surface area contributed by atoms with Crippen LogP contribution < -0.4 is 4.74 Å². The molecule has 0 fully saturated rings. The van der Waals surface area contributed by atoms with Crippen LogP contribution in [0.1, 0.15) is 11.1 Å². The smallest absolute Gasteiger partial charge is 0.309 e. The first-order chi connectivity index (χ1) is 9.69. The minimum atomic E-state index is -0.244. The number of methoxy groups -OCH3 is 1. The lowest BCUT2D eigenvalue weighted by Gasteiger charge is -2.10. The lowest BCUT2D eigenvalue weighted by atomic mass is 10.1. The summed E-state index contributed by atoms with van der Waals surface area (Å²) in [5.41, 5.74) is 1.93. The molecule has 2 rings (SSSR count). The van der Waals surface area contributed by atoms with Gasteiger partial charge in [-0.05, 0) is 58.0 Å². The molecule has 0 amide bonds. The topological polar surface area (TPSA) is 35.5 Å². The number of benzene rings is 2. The average Bonchev–Trinajstić information content (AvgIpc) is 2.48.